The monoisotopic (exact) mass is 221 g/mol. The molecule has 3 nitrogen and oxygen atoms in total. The number of amides is 1. The quantitative estimate of drug-likeness (QED) is 0.782. The highest BCUT2D eigenvalue weighted by Crippen LogP contribution is 2.20. The number of ether oxygens (including phenoxy) is 1. The number of carbonyl (C=O) groups excluding carboxylic acids is 1. The van der Waals surface area contributed by atoms with Crippen molar-refractivity contribution in [2.24, 2.45) is 0 Å². The maximum Gasteiger partial charge on any atom is 0.262 e. The van der Waals surface area contributed by atoms with E-state index in [1.165, 1.54) is 10.5 Å². The summed E-state index contributed by atoms with van der Waals surface area (Å²) in [6, 6.07) is 5.93. The van der Waals surface area contributed by atoms with E-state index in [1.54, 1.807) is 21.0 Å². The fourth-order valence-corrected chi connectivity index (χ4v) is 1.54. The number of rotatable bonds is 3. The smallest absolute Gasteiger partial charge is 0.262 e. The van der Waals surface area contributed by atoms with Crippen LogP contribution in [0.5, 0.6) is 5.75 Å². The maximum absolute atomic E-state index is 11.6. The number of carbonyl (C=O) groups is 1. The summed E-state index contributed by atoms with van der Waals surface area (Å²) in [5.41, 5.74) is 2.25. The van der Waals surface area contributed by atoms with Gasteiger partial charge in [0.15, 0.2) is 6.10 Å². The molecule has 1 aromatic rings. The summed E-state index contributed by atoms with van der Waals surface area (Å²) in [5, 5.41) is 0. The second kappa shape index (κ2) is 5.01. The minimum absolute atomic E-state index is 0.0278. The van der Waals surface area contributed by atoms with E-state index in [2.05, 4.69) is 0 Å². The molecule has 0 radical (unpaired) electrons. The Kier molecular flexibility index (Phi) is 3.93. The largest absolute Gasteiger partial charge is 0.481 e. The third-order valence-electron chi connectivity index (χ3n) is 2.42. The second-order valence-corrected chi connectivity index (χ2v) is 4.26. The number of nitrogens with zero attached hydrogens (tertiary/aromatic N) is 1. The molecule has 0 aliphatic heterocycles. The zero-order valence-electron chi connectivity index (χ0n) is 10.6. The van der Waals surface area contributed by atoms with Crippen molar-refractivity contribution in [3.8, 4) is 5.75 Å². The fourth-order valence-electron chi connectivity index (χ4n) is 1.54. The molecule has 0 fully saturated rings. The molecule has 0 bridgehead atoms. The molecule has 0 N–H and O–H groups in total. The van der Waals surface area contributed by atoms with Gasteiger partial charge in [-0.25, -0.2) is 0 Å². The van der Waals surface area contributed by atoms with Crippen molar-refractivity contribution in [2.45, 2.75) is 26.9 Å². The van der Waals surface area contributed by atoms with Gasteiger partial charge in [-0.3, -0.25) is 4.79 Å². The van der Waals surface area contributed by atoms with Gasteiger partial charge in [0.05, 0.1) is 0 Å². The van der Waals surface area contributed by atoms with E-state index in [0.29, 0.717) is 0 Å². The number of aryl methyl sites for hydroxylation is 2. The zero-order chi connectivity index (χ0) is 12.3. The molecule has 0 saturated carbocycles. The van der Waals surface area contributed by atoms with Gasteiger partial charge in [0, 0.05) is 14.1 Å². The van der Waals surface area contributed by atoms with Crippen LogP contribution in [0.3, 0.4) is 0 Å². The first-order chi connectivity index (χ1) is 7.41. The first-order valence-corrected chi connectivity index (χ1v) is 5.37. The Balaban J connectivity index is 2.77. The van der Waals surface area contributed by atoms with Crippen LogP contribution in [0.25, 0.3) is 0 Å². The first kappa shape index (κ1) is 12.6. The molecule has 0 aromatic heterocycles. The minimum atomic E-state index is -0.448. The molecular weight excluding hydrogens is 202 g/mol. The van der Waals surface area contributed by atoms with Crippen LogP contribution in [0.4, 0.5) is 0 Å². The van der Waals surface area contributed by atoms with Crippen LogP contribution in [0, 0.1) is 13.8 Å². The maximum atomic E-state index is 11.6. The molecule has 16 heavy (non-hydrogen) atoms. The Bertz CT molecular complexity index is 386. The van der Waals surface area contributed by atoms with Crippen molar-refractivity contribution in [3.05, 3.63) is 29.3 Å². The standard InChI is InChI=1S/C13H19NO2/c1-9-6-7-12(10(2)8-9)16-11(3)13(15)14(4)5/h6-8,11H,1-5H3/t11-/m0/s1. The molecule has 0 saturated heterocycles. The molecule has 1 rings (SSSR count). The minimum Gasteiger partial charge on any atom is -0.481 e. The summed E-state index contributed by atoms with van der Waals surface area (Å²) in [4.78, 5) is 13.2. The highest BCUT2D eigenvalue weighted by Gasteiger charge is 2.17. The summed E-state index contributed by atoms with van der Waals surface area (Å²) in [5.74, 6) is 0.744. The van der Waals surface area contributed by atoms with Crippen molar-refractivity contribution >= 4 is 5.91 Å². The Morgan fingerprint density at radius 3 is 2.44 bits per heavy atom. The summed E-state index contributed by atoms with van der Waals surface area (Å²) >= 11 is 0. The van der Waals surface area contributed by atoms with E-state index in [-0.39, 0.29) is 5.91 Å². The van der Waals surface area contributed by atoms with Crippen molar-refractivity contribution in [2.75, 3.05) is 14.1 Å². The highest BCUT2D eigenvalue weighted by molar-refractivity contribution is 5.80. The van der Waals surface area contributed by atoms with Gasteiger partial charge in [-0.2, -0.15) is 0 Å². The molecule has 88 valence electrons. The van der Waals surface area contributed by atoms with Crippen LogP contribution in [0.1, 0.15) is 18.1 Å². The lowest BCUT2D eigenvalue weighted by molar-refractivity contribution is -0.135. The SMILES string of the molecule is Cc1ccc(O[C@@H](C)C(=O)N(C)C)c(C)c1. The Hall–Kier alpha value is -1.51. The zero-order valence-corrected chi connectivity index (χ0v) is 10.6. The summed E-state index contributed by atoms with van der Waals surface area (Å²) in [7, 11) is 3.45. The third-order valence-corrected chi connectivity index (χ3v) is 2.42. The van der Waals surface area contributed by atoms with Gasteiger partial charge in [-0.05, 0) is 32.4 Å². The summed E-state index contributed by atoms with van der Waals surface area (Å²) in [6.07, 6.45) is -0.448. The predicted octanol–water partition coefficient (Wildman–Crippen LogP) is 2.16. The molecule has 1 atom stereocenters. The molecule has 3 heteroatoms. The van der Waals surface area contributed by atoms with Crippen molar-refractivity contribution < 1.29 is 9.53 Å². The lowest BCUT2D eigenvalue weighted by Crippen LogP contribution is -2.35. The molecule has 0 unspecified atom stereocenters. The van der Waals surface area contributed by atoms with E-state index in [9.17, 15) is 4.79 Å². The number of benzene rings is 1. The molecular formula is C13H19NO2. The van der Waals surface area contributed by atoms with E-state index in [0.717, 1.165) is 11.3 Å². The Labute approximate surface area is 97.0 Å². The molecule has 1 amide bonds. The van der Waals surface area contributed by atoms with E-state index < -0.39 is 6.10 Å². The number of hydrogen-bond donors (Lipinski definition) is 0. The van der Waals surface area contributed by atoms with Crippen LogP contribution in [-0.2, 0) is 4.79 Å². The van der Waals surface area contributed by atoms with Crippen LogP contribution < -0.4 is 4.74 Å². The van der Waals surface area contributed by atoms with Crippen molar-refractivity contribution in [1.29, 1.82) is 0 Å². The first-order valence-electron chi connectivity index (χ1n) is 5.37. The summed E-state index contributed by atoms with van der Waals surface area (Å²) in [6.45, 7) is 5.78. The van der Waals surface area contributed by atoms with Gasteiger partial charge in [-0.1, -0.05) is 17.7 Å². The van der Waals surface area contributed by atoms with E-state index >= 15 is 0 Å². The van der Waals surface area contributed by atoms with Gasteiger partial charge in [0.1, 0.15) is 5.75 Å². The Morgan fingerprint density at radius 2 is 1.94 bits per heavy atom. The predicted molar refractivity (Wildman–Crippen MR) is 64.7 cm³/mol. The molecule has 0 spiro atoms. The number of hydrogen-bond acceptors (Lipinski definition) is 2. The van der Waals surface area contributed by atoms with Gasteiger partial charge in [0.25, 0.3) is 5.91 Å². The van der Waals surface area contributed by atoms with E-state index in [1.807, 2.05) is 32.0 Å². The normalized spacial score (nSPS) is 12.1. The molecule has 1 aromatic carbocycles. The average Bonchev–Trinajstić information content (AvgIpc) is 2.20. The second-order valence-electron chi connectivity index (χ2n) is 4.26. The highest BCUT2D eigenvalue weighted by atomic mass is 16.5. The van der Waals surface area contributed by atoms with Crippen LogP contribution in [0.2, 0.25) is 0 Å². The van der Waals surface area contributed by atoms with Gasteiger partial charge < -0.3 is 9.64 Å². The fraction of sp³-hybridized carbons (Fsp3) is 0.462. The molecule has 0 heterocycles. The van der Waals surface area contributed by atoms with Crippen molar-refractivity contribution in [3.63, 3.8) is 0 Å². The average molecular weight is 221 g/mol. The Morgan fingerprint density at radius 1 is 1.31 bits per heavy atom. The van der Waals surface area contributed by atoms with Crippen LogP contribution in [-0.4, -0.2) is 31.0 Å². The molecule has 0 aliphatic rings. The van der Waals surface area contributed by atoms with Gasteiger partial charge in [-0.15, -0.1) is 0 Å². The van der Waals surface area contributed by atoms with Gasteiger partial charge >= 0.3 is 0 Å². The third kappa shape index (κ3) is 2.99. The summed E-state index contributed by atoms with van der Waals surface area (Å²) < 4.78 is 5.63. The lowest BCUT2D eigenvalue weighted by Gasteiger charge is -2.19. The number of likely N-dealkylation sites (N-methyl/N-ethyl adjacent to an activating group) is 1. The van der Waals surface area contributed by atoms with Gasteiger partial charge in [0.2, 0.25) is 0 Å². The van der Waals surface area contributed by atoms with Crippen LogP contribution >= 0.6 is 0 Å². The van der Waals surface area contributed by atoms with Crippen LogP contribution in [0.15, 0.2) is 18.2 Å². The van der Waals surface area contributed by atoms with Crippen molar-refractivity contribution in [1.82, 2.24) is 4.90 Å². The lowest BCUT2D eigenvalue weighted by atomic mass is 10.1. The topological polar surface area (TPSA) is 29.5 Å². The molecule has 0 aliphatic carbocycles. The van der Waals surface area contributed by atoms with E-state index in [4.69, 9.17) is 4.74 Å².